The maximum Gasteiger partial charge on any atom is 3.00 e. The SMILES string of the molecule is C[C@H](O)c1ccccc1.[CH-]=O.[CH-]=O.[CH3-].[Ru+3]. The van der Waals surface area contributed by atoms with Gasteiger partial charge in [-0.25, -0.2) is 0 Å². The average molecular weight is 296 g/mol. The van der Waals surface area contributed by atoms with E-state index in [9.17, 15) is 0 Å². The fourth-order valence-electron chi connectivity index (χ4n) is 0.732. The molecule has 1 N–H and O–H groups in total. The van der Waals surface area contributed by atoms with E-state index in [0.29, 0.717) is 0 Å². The van der Waals surface area contributed by atoms with Crippen LogP contribution in [0.3, 0.4) is 0 Å². The standard InChI is InChI=1S/C8H10O.2CHO.CH3.Ru/c1-7(9)8-5-3-2-4-6-8;2*1-2;;/h2-7,9H,1H3;2*1H;1H3;/q;3*-1;+3/t7-;;;;/m0..../s1. The van der Waals surface area contributed by atoms with E-state index in [1.807, 2.05) is 30.3 Å². The molecule has 4 heteroatoms. The summed E-state index contributed by atoms with van der Waals surface area (Å²) in [5, 5.41) is 9.02. The summed E-state index contributed by atoms with van der Waals surface area (Å²) in [6, 6.07) is 9.59. The molecule has 0 spiro atoms. The van der Waals surface area contributed by atoms with E-state index >= 15 is 0 Å². The number of carbonyl (C=O) groups excluding carboxylic acids is 2. The number of rotatable bonds is 1. The van der Waals surface area contributed by atoms with E-state index in [-0.39, 0.29) is 33.0 Å². The first kappa shape index (κ1) is 23.7. The van der Waals surface area contributed by atoms with E-state index in [1.54, 1.807) is 6.92 Å². The predicted octanol–water partition coefficient (Wildman–Crippen LogP) is 1.64. The molecule has 15 heavy (non-hydrogen) atoms. The zero-order valence-electron chi connectivity index (χ0n) is 8.74. The van der Waals surface area contributed by atoms with Crippen LogP contribution in [0.15, 0.2) is 30.3 Å². The summed E-state index contributed by atoms with van der Waals surface area (Å²) in [6.07, 6.45) is -0.341. The Morgan fingerprint density at radius 1 is 1.07 bits per heavy atom. The molecule has 0 saturated heterocycles. The zero-order chi connectivity index (χ0) is 10.7. The Kier molecular flexibility index (Phi) is 29.8. The minimum Gasteiger partial charge on any atom is -0.545 e. The second-order valence-electron chi connectivity index (χ2n) is 2.09. The Balaban J connectivity index is -0.0000000910. The molecule has 3 nitrogen and oxygen atoms in total. The van der Waals surface area contributed by atoms with Gasteiger partial charge in [-0.2, -0.15) is 0 Å². The van der Waals surface area contributed by atoms with Gasteiger partial charge >= 0.3 is 19.5 Å². The van der Waals surface area contributed by atoms with Crippen molar-refractivity contribution in [3.63, 3.8) is 0 Å². The Labute approximate surface area is 104 Å². The van der Waals surface area contributed by atoms with Gasteiger partial charge in [-0.1, -0.05) is 30.3 Å². The molecule has 1 rings (SSSR count). The molecule has 0 fully saturated rings. The third-order valence-corrected chi connectivity index (χ3v) is 1.28. The van der Waals surface area contributed by atoms with Gasteiger partial charge in [0, 0.05) is 0 Å². The quantitative estimate of drug-likeness (QED) is 0.487. The maximum atomic E-state index is 9.02. The normalized spacial score (nSPS) is 8.40. The molecule has 0 aliphatic carbocycles. The smallest absolute Gasteiger partial charge is 0.545 e. The van der Waals surface area contributed by atoms with Gasteiger partial charge < -0.3 is 22.1 Å². The number of aliphatic hydroxyl groups excluding tert-OH is 1. The summed E-state index contributed by atoms with van der Waals surface area (Å²) in [4.78, 5) is 15.5. The molecule has 85 valence electrons. The van der Waals surface area contributed by atoms with Crippen LogP contribution < -0.4 is 0 Å². The molecule has 0 unspecified atom stereocenters. The molecule has 1 aromatic rings. The third kappa shape index (κ3) is 13.1. The van der Waals surface area contributed by atoms with Gasteiger partial charge in [0.05, 0.1) is 6.10 Å². The molecule has 0 saturated carbocycles. The summed E-state index contributed by atoms with van der Waals surface area (Å²) in [5.41, 5.74) is 0.970. The van der Waals surface area contributed by atoms with Crippen molar-refractivity contribution in [1.82, 2.24) is 0 Å². The van der Waals surface area contributed by atoms with Crippen molar-refractivity contribution in [3.8, 4) is 0 Å². The van der Waals surface area contributed by atoms with Crippen molar-refractivity contribution in [2.24, 2.45) is 0 Å². The first-order chi connectivity index (χ1) is 6.30. The zero-order valence-corrected chi connectivity index (χ0v) is 10.5. The van der Waals surface area contributed by atoms with Crippen LogP contribution in [-0.4, -0.2) is 18.7 Å². The van der Waals surface area contributed by atoms with E-state index < -0.39 is 0 Å². The monoisotopic (exact) mass is 297 g/mol. The van der Waals surface area contributed by atoms with E-state index in [2.05, 4.69) is 13.6 Å². The molecule has 0 aromatic heterocycles. The van der Waals surface area contributed by atoms with Crippen LogP contribution >= 0.6 is 0 Å². The fraction of sp³-hybridized carbons (Fsp3) is 0.182. The van der Waals surface area contributed by atoms with Crippen molar-refractivity contribution in [2.45, 2.75) is 13.0 Å². The molecule has 0 heterocycles. The van der Waals surface area contributed by atoms with E-state index in [4.69, 9.17) is 14.7 Å². The third-order valence-electron chi connectivity index (χ3n) is 1.28. The van der Waals surface area contributed by atoms with Crippen LogP contribution in [0.25, 0.3) is 0 Å². The molecule has 0 aliphatic heterocycles. The summed E-state index contributed by atoms with van der Waals surface area (Å²) in [6.45, 7) is 8.26. The molecule has 0 aliphatic rings. The molecule has 1 aromatic carbocycles. The summed E-state index contributed by atoms with van der Waals surface area (Å²) in [7, 11) is 0. The molecule has 1 radical (unpaired) electrons. The average Bonchev–Trinajstić information content (AvgIpc) is 2.25. The van der Waals surface area contributed by atoms with Crippen molar-refractivity contribution < 1.29 is 34.2 Å². The van der Waals surface area contributed by atoms with Crippen LogP contribution in [0.4, 0.5) is 0 Å². The van der Waals surface area contributed by atoms with Crippen molar-refractivity contribution in [2.75, 3.05) is 0 Å². The molecule has 0 bridgehead atoms. The molecular formula is C11H15O3Ru. The number of benzene rings is 1. The minimum absolute atomic E-state index is 0. The first-order valence-corrected chi connectivity index (χ1v) is 3.51. The summed E-state index contributed by atoms with van der Waals surface area (Å²) >= 11 is 0. The second-order valence-corrected chi connectivity index (χ2v) is 2.09. The Morgan fingerprint density at radius 2 is 1.40 bits per heavy atom. The van der Waals surface area contributed by atoms with Gasteiger partial charge in [-0.05, 0) is 12.5 Å². The minimum atomic E-state index is -0.341. The molecule has 1 atom stereocenters. The van der Waals surface area contributed by atoms with Crippen LogP contribution in [0.1, 0.15) is 18.6 Å². The molecular weight excluding hydrogens is 281 g/mol. The largest absolute Gasteiger partial charge is 3.00 e. The summed E-state index contributed by atoms with van der Waals surface area (Å²) in [5.74, 6) is 0. The van der Waals surface area contributed by atoms with Crippen LogP contribution in [0, 0.1) is 7.43 Å². The topological polar surface area (TPSA) is 54.4 Å². The first-order valence-electron chi connectivity index (χ1n) is 3.51. The number of aliphatic hydroxyl groups is 1. The van der Waals surface area contributed by atoms with Crippen LogP contribution in [-0.2, 0) is 29.1 Å². The van der Waals surface area contributed by atoms with Gasteiger partial charge in [0.2, 0.25) is 0 Å². The van der Waals surface area contributed by atoms with Crippen molar-refractivity contribution >= 4 is 13.6 Å². The second kappa shape index (κ2) is 18.8. The Bertz CT molecular complexity index is 200. The Morgan fingerprint density at radius 3 is 1.60 bits per heavy atom. The predicted molar refractivity (Wildman–Crippen MR) is 57.0 cm³/mol. The van der Waals surface area contributed by atoms with Crippen molar-refractivity contribution in [1.29, 1.82) is 0 Å². The number of hydrogen-bond acceptors (Lipinski definition) is 3. The fourth-order valence-corrected chi connectivity index (χ4v) is 0.732. The van der Waals surface area contributed by atoms with Gasteiger partial charge in [-0.15, -0.1) is 0 Å². The maximum absolute atomic E-state index is 9.02. The molecule has 0 amide bonds. The van der Waals surface area contributed by atoms with E-state index in [1.165, 1.54) is 0 Å². The van der Waals surface area contributed by atoms with Gasteiger partial charge in [-0.3, -0.25) is 13.6 Å². The van der Waals surface area contributed by atoms with Gasteiger partial charge in [0.25, 0.3) is 0 Å². The number of hydrogen-bond donors (Lipinski definition) is 1. The van der Waals surface area contributed by atoms with Crippen molar-refractivity contribution in [3.05, 3.63) is 43.3 Å². The Hall–Kier alpha value is -0.857. The summed E-state index contributed by atoms with van der Waals surface area (Å²) < 4.78 is 0. The van der Waals surface area contributed by atoms with Crippen LogP contribution in [0.2, 0.25) is 0 Å². The van der Waals surface area contributed by atoms with E-state index in [0.717, 1.165) is 5.56 Å². The van der Waals surface area contributed by atoms with Gasteiger partial charge in [0.15, 0.2) is 0 Å². The van der Waals surface area contributed by atoms with Gasteiger partial charge in [0.1, 0.15) is 0 Å². The van der Waals surface area contributed by atoms with Crippen LogP contribution in [0.5, 0.6) is 0 Å².